The molecule has 0 aliphatic heterocycles. The van der Waals surface area contributed by atoms with Crippen molar-refractivity contribution in [3.05, 3.63) is 35.7 Å². The zero-order chi connectivity index (χ0) is 13.1. The number of carbonyl (C=O) groups is 1. The Kier molecular flexibility index (Phi) is 3.29. The van der Waals surface area contributed by atoms with Crippen LogP contribution in [0.3, 0.4) is 0 Å². The van der Waals surface area contributed by atoms with Gasteiger partial charge < -0.3 is 20.0 Å². The third kappa shape index (κ3) is 2.18. The molecule has 0 amide bonds. The first-order valence-corrected chi connectivity index (χ1v) is 5.23. The first-order chi connectivity index (χ1) is 8.65. The molecule has 6 nitrogen and oxygen atoms in total. The van der Waals surface area contributed by atoms with Crippen LogP contribution in [-0.2, 0) is 6.54 Å². The van der Waals surface area contributed by atoms with Crippen LogP contribution in [0.5, 0.6) is 5.75 Å². The van der Waals surface area contributed by atoms with E-state index in [4.69, 9.17) is 20.0 Å². The third-order valence-electron chi connectivity index (χ3n) is 2.40. The fraction of sp³-hybridized carbons (Fsp3) is 0.167. The number of aromatic nitrogens is 1. The third-order valence-corrected chi connectivity index (χ3v) is 2.40. The van der Waals surface area contributed by atoms with Gasteiger partial charge in [-0.1, -0.05) is 6.07 Å². The van der Waals surface area contributed by atoms with Crippen LogP contribution in [0.25, 0.3) is 11.5 Å². The molecule has 0 unspecified atom stereocenters. The molecule has 0 bridgehead atoms. The summed E-state index contributed by atoms with van der Waals surface area (Å²) in [5.41, 5.74) is 5.89. The molecule has 1 aromatic heterocycles. The Balaban J connectivity index is 2.47. The molecule has 0 saturated carbocycles. The minimum atomic E-state index is -1.16. The number of rotatable bonds is 4. The fourth-order valence-corrected chi connectivity index (χ4v) is 1.54. The van der Waals surface area contributed by atoms with Crippen LogP contribution in [0.4, 0.5) is 0 Å². The quantitative estimate of drug-likeness (QED) is 0.850. The van der Waals surface area contributed by atoms with Gasteiger partial charge in [0.05, 0.1) is 13.7 Å². The van der Waals surface area contributed by atoms with Crippen molar-refractivity contribution in [1.82, 2.24) is 4.98 Å². The molecule has 0 fully saturated rings. The molecule has 1 aromatic carbocycles. The highest BCUT2D eigenvalue weighted by molar-refractivity contribution is 5.87. The van der Waals surface area contributed by atoms with Gasteiger partial charge in [0.25, 0.3) is 0 Å². The van der Waals surface area contributed by atoms with E-state index in [9.17, 15) is 4.79 Å². The Morgan fingerprint density at radius 2 is 2.33 bits per heavy atom. The second kappa shape index (κ2) is 4.89. The first-order valence-electron chi connectivity index (χ1n) is 5.23. The van der Waals surface area contributed by atoms with Gasteiger partial charge in [0.15, 0.2) is 11.5 Å². The number of hydrogen-bond donors (Lipinski definition) is 2. The topological polar surface area (TPSA) is 98.6 Å². The van der Waals surface area contributed by atoms with Crippen LogP contribution in [0.15, 0.2) is 28.7 Å². The van der Waals surface area contributed by atoms with Crippen molar-refractivity contribution in [2.75, 3.05) is 7.11 Å². The predicted molar refractivity (Wildman–Crippen MR) is 63.3 cm³/mol. The van der Waals surface area contributed by atoms with E-state index in [1.807, 2.05) is 0 Å². The van der Waals surface area contributed by atoms with Gasteiger partial charge in [-0.25, -0.2) is 9.78 Å². The van der Waals surface area contributed by atoms with Crippen LogP contribution < -0.4 is 10.5 Å². The number of carboxylic acid groups (broad SMARTS) is 1. The summed E-state index contributed by atoms with van der Waals surface area (Å²) in [6, 6.07) is 6.99. The van der Waals surface area contributed by atoms with E-state index in [1.165, 1.54) is 0 Å². The Bertz CT molecular complexity index is 577. The lowest BCUT2D eigenvalue weighted by molar-refractivity contribution is 0.0689. The van der Waals surface area contributed by atoms with E-state index < -0.39 is 5.97 Å². The zero-order valence-corrected chi connectivity index (χ0v) is 9.71. The van der Waals surface area contributed by atoms with Gasteiger partial charge in [0, 0.05) is 5.56 Å². The van der Waals surface area contributed by atoms with Crippen molar-refractivity contribution in [3.8, 4) is 17.2 Å². The van der Waals surface area contributed by atoms with E-state index in [0.717, 1.165) is 0 Å². The number of nitrogens with two attached hydrogens (primary N) is 1. The zero-order valence-electron chi connectivity index (χ0n) is 9.71. The Morgan fingerprint density at radius 1 is 1.56 bits per heavy atom. The largest absolute Gasteiger partial charge is 0.497 e. The number of oxazole rings is 1. The monoisotopic (exact) mass is 248 g/mol. The summed E-state index contributed by atoms with van der Waals surface area (Å²) in [7, 11) is 1.54. The summed E-state index contributed by atoms with van der Waals surface area (Å²) in [6.07, 6.45) is 0. The summed E-state index contributed by atoms with van der Waals surface area (Å²) in [5.74, 6) is -0.155. The molecular weight excluding hydrogens is 236 g/mol. The van der Waals surface area contributed by atoms with Crippen molar-refractivity contribution in [1.29, 1.82) is 0 Å². The summed E-state index contributed by atoms with van der Waals surface area (Å²) < 4.78 is 10.4. The van der Waals surface area contributed by atoms with Gasteiger partial charge in [-0.3, -0.25) is 0 Å². The van der Waals surface area contributed by atoms with E-state index in [-0.39, 0.29) is 23.9 Å². The standard InChI is InChI=1S/C12H12N2O4/c1-17-8-4-2-3-7(5-8)11-14-10(12(15)16)9(6-13)18-11/h2-5H,6,13H2,1H3,(H,15,16). The number of carboxylic acids is 1. The molecular formula is C12H12N2O4. The van der Waals surface area contributed by atoms with E-state index in [2.05, 4.69) is 4.98 Å². The highest BCUT2D eigenvalue weighted by Gasteiger charge is 2.19. The average Bonchev–Trinajstić information content (AvgIpc) is 2.83. The van der Waals surface area contributed by atoms with Crippen molar-refractivity contribution in [2.24, 2.45) is 5.73 Å². The molecule has 0 aliphatic rings. The molecule has 0 radical (unpaired) electrons. The lowest BCUT2D eigenvalue weighted by atomic mass is 10.2. The lowest BCUT2D eigenvalue weighted by Crippen LogP contribution is -2.04. The van der Waals surface area contributed by atoms with Gasteiger partial charge in [-0.2, -0.15) is 0 Å². The molecule has 6 heteroatoms. The molecule has 0 saturated heterocycles. The molecule has 18 heavy (non-hydrogen) atoms. The van der Waals surface area contributed by atoms with Crippen molar-refractivity contribution in [3.63, 3.8) is 0 Å². The summed E-state index contributed by atoms with van der Waals surface area (Å²) in [6.45, 7) is -0.0153. The maximum atomic E-state index is 10.9. The van der Waals surface area contributed by atoms with Crippen molar-refractivity contribution >= 4 is 5.97 Å². The number of ether oxygens (including phenoxy) is 1. The van der Waals surface area contributed by atoms with Gasteiger partial charge in [0.2, 0.25) is 5.89 Å². The van der Waals surface area contributed by atoms with Crippen molar-refractivity contribution < 1.29 is 19.1 Å². The summed E-state index contributed by atoms with van der Waals surface area (Å²) >= 11 is 0. The van der Waals surface area contributed by atoms with Crippen LogP contribution in [0.1, 0.15) is 16.2 Å². The molecule has 0 aliphatic carbocycles. The van der Waals surface area contributed by atoms with Gasteiger partial charge in [-0.15, -0.1) is 0 Å². The van der Waals surface area contributed by atoms with Crippen LogP contribution in [0.2, 0.25) is 0 Å². The predicted octanol–water partition coefficient (Wildman–Crippen LogP) is 1.51. The molecule has 1 heterocycles. The average molecular weight is 248 g/mol. The number of nitrogens with zero attached hydrogens (tertiary/aromatic N) is 1. The maximum Gasteiger partial charge on any atom is 0.358 e. The van der Waals surface area contributed by atoms with Crippen molar-refractivity contribution in [2.45, 2.75) is 6.54 Å². The minimum absolute atomic E-state index is 0.0153. The smallest absolute Gasteiger partial charge is 0.358 e. The van der Waals surface area contributed by atoms with Crippen LogP contribution in [0, 0.1) is 0 Å². The van der Waals surface area contributed by atoms with E-state index in [1.54, 1.807) is 31.4 Å². The first kappa shape index (κ1) is 12.1. The molecule has 0 atom stereocenters. The molecule has 3 N–H and O–H groups in total. The van der Waals surface area contributed by atoms with Crippen LogP contribution in [-0.4, -0.2) is 23.2 Å². The number of aromatic carboxylic acids is 1. The maximum absolute atomic E-state index is 10.9. The Morgan fingerprint density at radius 3 is 2.89 bits per heavy atom. The highest BCUT2D eigenvalue weighted by atomic mass is 16.5. The number of benzene rings is 1. The Labute approximate surface area is 103 Å². The molecule has 0 spiro atoms. The molecule has 2 rings (SSSR count). The molecule has 94 valence electrons. The fourth-order valence-electron chi connectivity index (χ4n) is 1.54. The van der Waals surface area contributed by atoms with Gasteiger partial charge in [0.1, 0.15) is 5.75 Å². The summed E-state index contributed by atoms with van der Waals surface area (Å²) in [5, 5.41) is 8.96. The SMILES string of the molecule is COc1cccc(-c2nc(C(=O)O)c(CN)o2)c1. The van der Waals surface area contributed by atoms with Gasteiger partial charge in [-0.05, 0) is 18.2 Å². The highest BCUT2D eigenvalue weighted by Crippen LogP contribution is 2.25. The number of hydrogen-bond acceptors (Lipinski definition) is 5. The summed E-state index contributed by atoms with van der Waals surface area (Å²) in [4.78, 5) is 14.9. The second-order valence-electron chi connectivity index (χ2n) is 3.53. The minimum Gasteiger partial charge on any atom is -0.497 e. The van der Waals surface area contributed by atoms with E-state index >= 15 is 0 Å². The Hall–Kier alpha value is -2.34. The van der Waals surface area contributed by atoms with Crippen LogP contribution >= 0.6 is 0 Å². The molecule has 2 aromatic rings. The number of methoxy groups -OCH3 is 1. The lowest BCUT2D eigenvalue weighted by Gasteiger charge is -2.00. The van der Waals surface area contributed by atoms with Gasteiger partial charge >= 0.3 is 5.97 Å². The van der Waals surface area contributed by atoms with E-state index in [0.29, 0.717) is 11.3 Å². The normalized spacial score (nSPS) is 10.3. The second-order valence-corrected chi connectivity index (χ2v) is 3.53.